The van der Waals surface area contributed by atoms with Gasteiger partial charge in [-0.3, -0.25) is 15.4 Å². The Balaban J connectivity index is 2.64. The first-order chi connectivity index (χ1) is 8.54. The zero-order valence-electron chi connectivity index (χ0n) is 10.6. The molecular weight excluding hydrogens is 230 g/mol. The number of hydrogen-bond acceptors (Lipinski definition) is 3. The molecule has 2 unspecified atom stereocenters. The predicted octanol–water partition coefficient (Wildman–Crippen LogP) is 1.31. The molecule has 0 fully saturated rings. The molecule has 1 aromatic rings. The molecule has 0 saturated heterocycles. The van der Waals surface area contributed by atoms with Gasteiger partial charge in [0.05, 0.1) is 6.04 Å². The summed E-state index contributed by atoms with van der Waals surface area (Å²) in [4.78, 5) is 22.2. The molecular formula is C13H19N3O2. The second-order valence-electron chi connectivity index (χ2n) is 4.11. The first-order valence-corrected chi connectivity index (χ1v) is 5.96. The third-order valence-electron chi connectivity index (χ3n) is 2.70. The van der Waals surface area contributed by atoms with E-state index in [1.165, 1.54) is 0 Å². The highest BCUT2D eigenvalue weighted by molar-refractivity contribution is 5.96. The number of carbonyl (C=O) groups is 2. The zero-order chi connectivity index (χ0) is 13.5. The third-order valence-corrected chi connectivity index (χ3v) is 2.70. The van der Waals surface area contributed by atoms with Gasteiger partial charge in [0.1, 0.15) is 0 Å². The van der Waals surface area contributed by atoms with Crippen molar-refractivity contribution in [2.45, 2.75) is 32.4 Å². The fourth-order valence-corrected chi connectivity index (χ4v) is 1.74. The van der Waals surface area contributed by atoms with Crippen molar-refractivity contribution < 1.29 is 9.59 Å². The first kappa shape index (κ1) is 14.2. The molecule has 0 radical (unpaired) electrons. The van der Waals surface area contributed by atoms with E-state index < -0.39 is 18.0 Å². The van der Waals surface area contributed by atoms with Crippen LogP contribution in [0.4, 0.5) is 4.79 Å². The molecule has 0 aliphatic carbocycles. The van der Waals surface area contributed by atoms with Crippen LogP contribution >= 0.6 is 0 Å². The van der Waals surface area contributed by atoms with Crippen LogP contribution in [0, 0.1) is 0 Å². The van der Waals surface area contributed by atoms with E-state index in [0.717, 1.165) is 12.0 Å². The van der Waals surface area contributed by atoms with Gasteiger partial charge in [0.2, 0.25) is 5.91 Å². The summed E-state index contributed by atoms with van der Waals surface area (Å²) >= 11 is 0. The first-order valence-electron chi connectivity index (χ1n) is 5.96. The van der Waals surface area contributed by atoms with Gasteiger partial charge in [-0.2, -0.15) is 0 Å². The van der Waals surface area contributed by atoms with Gasteiger partial charge in [0, 0.05) is 6.04 Å². The molecule has 3 amide bonds. The molecule has 2 atom stereocenters. The highest BCUT2D eigenvalue weighted by atomic mass is 16.2. The Morgan fingerprint density at radius 1 is 1.28 bits per heavy atom. The van der Waals surface area contributed by atoms with Gasteiger partial charge in [0.15, 0.2) is 0 Å². The smallest absolute Gasteiger partial charge is 0.318 e. The number of nitrogens with one attached hydrogen (secondary N) is 2. The number of amides is 3. The van der Waals surface area contributed by atoms with E-state index in [4.69, 9.17) is 5.73 Å². The van der Waals surface area contributed by atoms with E-state index in [1.54, 1.807) is 6.92 Å². The summed E-state index contributed by atoms with van der Waals surface area (Å²) < 4.78 is 0. The molecule has 98 valence electrons. The molecule has 4 N–H and O–H groups in total. The Morgan fingerprint density at radius 3 is 2.39 bits per heavy atom. The van der Waals surface area contributed by atoms with E-state index in [-0.39, 0.29) is 6.04 Å². The lowest BCUT2D eigenvalue weighted by atomic mass is 10.0. The van der Waals surface area contributed by atoms with Crippen LogP contribution in [-0.4, -0.2) is 18.0 Å². The Hall–Kier alpha value is -1.88. The number of hydrogen-bond donors (Lipinski definition) is 3. The van der Waals surface area contributed by atoms with Crippen LogP contribution in [0.3, 0.4) is 0 Å². The fourth-order valence-electron chi connectivity index (χ4n) is 1.74. The van der Waals surface area contributed by atoms with Crippen molar-refractivity contribution >= 4 is 11.9 Å². The Morgan fingerprint density at radius 2 is 1.89 bits per heavy atom. The van der Waals surface area contributed by atoms with Gasteiger partial charge in [-0.1, -0.05) is 37.3 Å². The number of nitrogens with two attached hydrogens (primary N) is 1. The summed E-state index contributed by atoms with van der Waals surface area (Å²) in [5.41, 5.74) is 6.02. The summed E-state index contributed by atoms with van der Waals surface area (Å²) in [5.74, 6) is -0.420. The van der Waals surface area contributed by atoms with E-state index >= 15 is 0 Å². The van der Waals surface area contributed by atoms with Crippen molar-refractivity contribution in [1.29, 1.82) is 0 Å². The van der Waals surface area contributed by atoms with Gasteiger partial charge >= 0.3 is 6.03 Å². The zero-order valence-corrected chi connectivity index (χ0v) is 10.6. The maximum atomic E-state index is 11.6. The van der Waals surface area contributed by atoms with Crippen LogP contribution in [0.2, 0.25) is 0 Å². The quantitative estimate of drug-likeness (QED) is 0.735. The van der Waals surface area contributed by atoms with Gasteiger partial charge in [-0.05, 0) is 18.9 Å². The van der Waals surface area contributed by atoms with Crippen LogP contribution in [0.5, 0.6) is 0 Å². The topological polar surface area (TPSA) is 84.2 Å². The van der Waals surface area contributed by atoms with Gasteiger partial charge in [-0.25, -0.2) is 4.79 Å². The summed E-state index contributed by atoms with van der Waals surface area (Å²) in [6.07, 6.45) is 0.845. The SMILES string of the molecule is CCC(NC(C)C(=O)NC(N)=O)c1ccccc1. The van der Waals surface area contributed by atoms with Crippen molar-refractivity contribution in [1.82, 2.24) is 10.6 Å². The molecule has 0 saturated carbocycles. The minimum absolute atomic E-state index is 0.0693. The minimum atomic E-state index is -0.832. The lowest BCUT2D eigenvalue weighted by Gasteiger charge is -2.21. The molecule has 0 bridgehead atoms. The standard InChI is InChI=1S/C13H19N3O2/c1-3-11(10-7-5-4-6-8-10)15-9(2)12(17)16-13(14)18/h4-9,11,15H,3H2,1-2H3,(H3,14,16,17,18). The van der Waals surface area contributed by atoms with Crippen molar-refractivity contribution in [2.75, 3.05) is 0 Å². The average molecular weight is 249 g/mol. The maximum Gasteiger partial charge on any atom is 0.318 e. The van der Waals surface area contributed by atoms with Crippen molar-refractivity contribution in [2.24, 2.45) is 5.73 Å². The monoisotopic (exact) mass is 249 g/mol. The summed E-state index contributed by atoms with van der Waals surface area (Å²) in [7, 11) is 0. The Bertz CT molecular complexity index is 406. The number of benzene rings is 1. The van der Waals surface area contributed by atoms with Crippen LogP contribution in [0.25, 0.3) is 0 Å². The van der Waals surface area contributed by atoms with Crippen LogP contribution in [-0.2, 0) is 4.79 Å². The summed E-state index contributed by atoms with van der Waals surface area (Å²) in [6, 6.07) is 8.60. The molecule has 1 rings (SSSR count). The fraction of sp³-hybridized carbons (Fsp3) is 0.385. The number of urea groups is 1. The number of rotatable bonds is 5. The van der Waals surface area contributed by atoms with Crippen LogP contribution in [0.15, 0.2) is 30.3 Å². The molecule has 0 aliphatic rings. The molecule has 5 nitrogen and oxygen atoms in total. The Labute approximate surface area is 107 Å². The highest BCUT2D eigenvalue weighted by Gasteiger charge is 2.18. The number of carbonyl (C=O) groups excluding carboxylic acids is 2. The van der Waals surface area contributed by atoms with E-state index in [2.05, 4.69) is 10.6 Å². The molecule has 5 heteroatoms. The number of imide groups is 1. The van der Waals surface area contributed by atoms with Crippen molar-refractivity contribution in [3.05, 3.63) is 35.9 Å². The normalized spacial score (nSPS) is 13.7. The number of primary amides is 1. The Kier molecular flexibility index (Phi) is 5.32. The van der Waals surface area contributed by atoms with Crippen LogP contribution in [0.1, 0.15) is 31.9 Å². The van der Waals surface area contributed by atoms with E-state index in [0.29, 0.717) is 0 Å². The lowest BCUT2D eigenvalue weighted by molar-refractivity contribution is -0.121. The second kappa shape index (κ2) is 6.76. The molecule has 18 heavy (non-hydrogen) atoms. The van der Waals surface area contributed by atoms with Crippen molar-refractivity contribution in [3.8, 4) is 0 Å². The van der Waals surface area contributed by atoms with Crippen LogP contribution < -0.4 is 16.4 Å². The average Bonchev–Trinajstić information content (AvgIpc) is 2.35. The van der Waals surface area contributed by atoms with Gasteiger partial charge in [0.25, 0.3) is 0 Å². The van der Waals surface area contributed by atoms with E-state index in [9.17, 15) is 9.59 Å². The largest absolute Gasteiger partial charge is 0.351 e. The molecule has 0 spiro atoms. The molecule has 0 aliphatic heterocycles. The van der Waals surface area contributed by atoms with Gasteiger partial charge in [-0.15, -0.1) is 0 Å². The molecule has 0 aromatic heterocycles. The van der Waals surface area contributed by atoms with Gasteiger partial charge < -0.3 is 5.73 Å². The maximum absolute atomic E-state index is 11.6. The molecule has 1 aromatic carbocycles. The summed E-state index contributed by atoms with van der Waals surface area (Å²) in [6.45, 7) is 3.73. The second-order valence-corrected chi connectivity index (χ2v) is 4.11. The minimum Gasteiger partial charge on any atom is -0.351 e. The van der Waals surface area contributed by atoms with E-state index in [1.807, 2.05) is 37.3 Å². The lowest BCUT2D eigenvalue weighted by Crippen LogP contribution is -2.47. The predicted molar refractivity (Wildman–Crippen MR) is 69.8 cm³/mol. The molecule has 0 heterocycles. The third kappa shape index (κ3) is 4.18. The summed E-state index contributed by atoms with van der Waals surface area (Å²) in [5, 5.41) is 5.23. The highest BCUT2D eigenvalue weighted by Crippen LogP contribution is 2.16. The van der Waals surface area contributed by atoms with Crippen molar-refractivity contribution in [3.63, 3.8) is 0 Å².